The van der Waals surface area contributed by atoms with Crippen LogP contribution in [0.2, 0.25) is 10.0 Å². The van der Waals surface area contributed by atoms with E-state index < -0.39 is 11.9 Å². The van der Waals surface area contributed by atoms with Gasteiger partial charge in [0.15, 0.2) is 0 Å². The Morgan fingerprint density at radius 3 is 2.68 bits per heavy atom. The lowest BCUT2D eigenvalue weighted by Gasteiger charge is -2.34. The summed E-state index contributed by atoms with van der Waals surface area (Å²) in [6.07, 6.45) is 1.21. The van der Waals surface area contributed by atoms with E-state index in [0.29, 0.717) is 23.0 Å². The monoisotopic (exact) mass is 348 g/mol. The highest BCUT2D eigenvalue weighted by Gasteiger charge is 2.29. The molecule has 0 unspecified atom stereocenters. The standard InChI is InChI=1S/C15H19Cl2FN2O2/c1-8(11-5-14(18)13(17)6-12(11)16)19-15(22)20(2)7-9-3-10(21)4-9/h5-6,8-10,21H,3-4,7H2,1-2H3,(H,19,22)/t8-,9?,10?/m0/s1. The molecule has 0 saturated heterocycles. The van der Waals surface area contributed by atoms with E-state index >= 15 is 0 Å². The summed E-state index contributed by atoms with van der Waals surface area (Å²) in [6, 6.07) is 1.86. The third kappa shape index (κ3) is 4.03. The first-order valence-electron chi connectivity index (χ1n) is 7.12. The number of aliphatic hydroxyl groups is 1. The molecule has 0 spiro atoms. The van der Waals surface area contributed by atoms with E-state index in [9.17, 15) is 14.3 Å². The predicted molar refractivity (Wildman–Crippen MR) is 84.7 cm³/mol. The van der Waals surface area contributed by atoms with Gasteiger partial charge < -0.3 is 15.3 Å². The van der Waals surface area contributed by atoms with Crippen molar-refractivity contribution in [2.45, 2.75) is 31.9 Å². The SMILES string of the molecule is C[C@H](NC(=O)N(C)CC1CC(O)C1)c1cc(F)c(Cl)cc1Cl. The summed E-state index contributed by atoms with van der Waals surface area (Å²) in [7, 11) is 1.69. The molecule has 2 amide bonds. The first-order chi connectivity index (χ1) is 10.3. The van der Waals surface area contributed by atoms with Crippen LogP contribution in [0, 0.1) is 11.7 Å². The maximum atomic E-state index is 13.5. The van der Waals surface area contributed by atoms with Gasteiger partial charge in [0.25, 0.3) is 0 Å². The average molecular weight is 349 g/mol. The maximum Gasteiger partial charge on any atom is 0.317 e. The van der Waals surface area contributed by atoms with E-state index in [2.05, 4.69) is 5.32 Å². The van der Waals surface area contributed by atoms with Crippen LogP contribution in [0.25, 0.3) is 0 Å². The van der Waals surface area contributed by atoms with Crippen molar-refractivity contribution in [1.82, 2.24) is 10.2 Å². The van der Waals surface area contributed by atoms with Crippen LogP contribution in [0.4, 0.5) is 9.18 Å². The highest BCUT2D eigenvalue weighted by Crippen LogP contribution is 2.29. The summed E-state index contributed by atoms with van der Waals surface area (Å²) < 4.78 is 13.5. The number of amides is 2. The van der Waals surface area contributed by atoms with Crippen molar-refractivity contribution in [1.29, 1.82) is 0 Å². The van der Waals surface area contributed by atoms with E-state index in [0.717, 1.165) is 12.8 Å². The molecule has 1 aliphatic carbocycles. The van der Waals surface area contributed by atoms with Gasteiger partial charge in [0.1, 0.15) is 5.82 Å². The lowest BCUT2D eigenvalue weighted by Crippen LogP contribution is -2.44. The van der Waals surface area contributed by atoms with Crippen LogP contribution in [0.5, 0.6) is 0 Å². The van der Waals surface area contributed by atoms with Crippen LogP contribution in [0.3, 0.4) is 0 Å². The molecular weight excluding hydrogens is 330 g/mol. The lowest BCUT2D eigenvalue weighted by molar-refractivity contribution is 0.0324. The van der Waals surface area contributed by atoms with E-state index in [4.69, 9.17) is 23.2 Å². The Kier molecular flexibility index (Phi) is 5.53. The van der Waals surface area contributed by atoms with Crippen LogP contribution in [-0.4, -0.2) is 35.7 Å². The first-order valence-corrected chi connectivity index (χ1v) is 7.87. The largest absolute Gasteiger partial charge is 0.393 e. The Morgan fingerprint density at radius 2 is 2.09 bits per heavy atom. The third-order valence-electron chi connectivity index (χ3n) is 3.94. The summed E-state index contributed by atoms with van der Waals surface area (Å²) in [5.74, 6) is -0.239. The van der Waals surface area contributed by atoms with Gasteiger partial charge in [0.05, 0.1) is 17.2 Å². The van der Waals surface area contributed by atoms with Gasteiger partial charge in [-0.05, 0) is 43.4 Å². The van der Waals surface area contributed by atoms with Gasteiger partial charge in [-0.3, -0.25) is 0 Å². The van der Waals surface area contributed by atoms with Crippen molar-refractivity contribution in [2.75, 3.05) is 13.6 Å². The number of aliphatic hydroxyl groups excluding tert-OH is 1. The molecule has 7 heteroatoms. The summed E-state index contributed by atoms with van der Waals surface area (Å²) in [5.41, 5.74) is 0.476. The number of benzene rings is 1. The smallest absolute Gasteiger partial charge is 0.317 e. The van der Waals surface area contributed by atoms with Crippen molar-refractivity contribution in [3.05, 3.63) is 33.6 Å². The molecule has 1 saturated carbocycles. The number of hydrogen-bond donors (Lipinski definition) is 2. The van der Waals surface area contributed by atoms with Crippen molar-refractivity contribution >= 4 is 29.2 Å². The number of carbonyl (C=O) groups excluding carboxylic acids is 1. The number of nitrogens with zero attached hydrogens (tertiary/aromatic N) is 1. The number of urea groups is 1. The molecule has 4 nitrogen and oxygen atoms in total. The van der Waals surface area contributed by atoms with Gasteiger partial charge >= 0.3 is 6.03 Å². The molecule has 22 heavy (non-hydrogen) atoms. The molecule has 122 valence electrons. The molecule has 1 atom stereocenters. The van der Waals surface area contributed by atoms with Crippen LogP contribution < -0.4 is 5.32 Å². The average Bonchev–Trinajstić information content (AvgIpc) is 2.40. The Hall–Kier alpha value is -1.04. The Balaban J connectivity index is 1.94. The first kappa shape index (κ1) is 17.3. The van der Waals surface area contributed by atoms with Gasteiger partial charge in [-0.15, -0.1) is 0 Å². The molecule has 2 rings (SSSR count). The second-order valence-electron chi connectivity index (χ2n) is 5.83. The van der Waals surface area contributed by atoms with Gasteiger partial charge in [-0.1, -0.05) is 23.2 Å². The zero-order valence-corrected chi connectivity index (χ0v) is 14.0. The maximum absolute atomic E-state index is 13.5. The minimum Gasteiger partial charge on any atom is -0.393 e. The molecule has 0 heterocycles. The minimum atomic E-state index is -0.570. The van der Waals surface area contributed by atoms with E-state index in [1.165, 1.54) is 12.1 Å². The summed E-state index contributed by atoms with van der Waals surface area (Å²) in [4.78, 5) is 13.7. The summed E-state index contributed by atoms with van der Waals surface area (Å²) in [5, 5.41) is 12.3. The highest BCUT2D eigenvalue weighted by molar-refractivity contribution is 6.35. The molecule has 2 N–H and O–H groups in total. The Morgan fingerprint density at radius 1 is 1.45 bits per heavy atom. The van der Waals surface area contributed by atoms with E-state index in [1.807, 2.05) is 0 Å². The topological polar surface area (TPSA) is 52.6 Å². The van der Waals surface area contributed by atoms with E-state index in [-0.39, 0.29) is 17.2 Å². The molecule has 0 bridgehead atoms. The van der Waals surface area contributed by atoms with Crippen molar-refractivity contribution in [3.63, 3.8) is 0 Å². The van der Waals surface area contributed by atoms with Gasteiger partial charge in [0.2, 0.25) is 0 Å². The predicted octanol–water partition coefficient (Wildman–Crippen LogP) is 3.61. The van der Waals surface area contributed by atoms with Crippen LogP contribution in [0.15, 0.2) is 12.1 Å². The summed E-state index contributed by atoms with van der Waals surface area (Å²) in [6.45, 7) is 2.31. The number of halogens is 3. The number of nitrogens with one attached hydrogen (secondary N) is 1. The lowest BCUT2D eigenvalue weighted by atomic mass is 9.82. The quantitative estimate of drug-likeness (QED) is 0.816. The number of rotatable bonds is 4. The van der Waals surface area contributed by atoms with Crippen LogP contribution >= 0.6 is 23.2 Å². The molecule has 1 aromatic rings. The minimum absolute atomic E-state index is 0.0482. The van der Waals surface area contributed by atoms with Crippen molar-refractivity contribution in [3.8, 4) is 0 Å². The fourth-order valence-electron chi connectivity index (χ4n) is 2.56. The molecule has 1 aliphatic rings. The summed E-state index contributed by atoms with van der Waals surface area (Å²) >= 11 is 11.7. The molecular formula is C15H19Cl2FN2O2. The number of carbonyl (C=O) groups is 1. The van der Waals surface area contributed by atoms with Crippen molar-refractivity contribution in [2.24, 2.45) is 5.92 Å². The van der Waals surface area contributed by atoms with Crippen LogP contribution in [0.1, 0.15) is 31.4 Å². The Bertz CT molecular complexity index is 565. The van der Waals surface area contributed by atoms with Gasteiger partial charge in [-0.25, -0.2) is 9.18 Å². The molecule has 0 aromatic heterocycles. The van der Waals surface area contributed by atoms with Gasteiger partial charge in [-0.2, -0.15) is 0 Å². The third-order valence-corrected chi connectivity index (χ3v) is 4.55. The fourth-order valence-corrected chi connectivity index (χ4v) is 3.11. The molecule has 0 aliphatic heterocycles. The molecule has 1 aromatic carbocycles. The number of hydrogen-bond acceptors (Lipinski definition) is 2. The van der Waals surface area contributed by atoms with E-state index in [1.54, 1.807) is 18.9 Å². The normalized spacial score (nSPS) is 21.9. The second-order valence-corrected chi connectivity index (χ2v) is 6.65. The molecule has 1 fully saturated rings. The zero-order chi connectivity index (χ0) is 16.4. The highest BCUT2D eigenvalue weighted by atomic mass is 35.5. The molecule has 0 radical (unpaired) electrons. The zero-order valence-electron chi connectivity index (χ0n) is 12.4. The Labute approximate surface area is 139 Å². The van der Waals surface area contributed by atoms with Gasteiger partial charge in [0, 0.05) is 18.6 Å². The second kappa shape index (κ2) is 7.02. The van der Waals surface area contributed by atoms with Crippen LogP contribution in [-0.2, 0) is 0 Å². The van der Waals surface area contributed by atoms with Crippen molar-refractivity contribution < 1.29 is 14.3 Å². The fraction of sp³-hybridized carbons (Fsp3) is 0.533.